The SMILES string of the molecule is CC(C)(C)Oc1ccc([S+](c2ccc(OC(C)(C)C)cc2)c2ccc(OC(C)(C)C)cc2)cc1.Cc1ccc(S(=O)(=O)Oc2ccc(S(=O)(=O)[O-])cc2[N+](=O)[O-])cc1. The maximum atomic E-state index is 12.1. The molecule has 5 rings (SSSR count). The van der Waals surface area contributed by atoms with Gasteiger partial charge in [-0.05, 0) is 166 Å². The summed E-state index contributed by atoms with van der Waals surface area (Å²) < 4.78 is 79.9. The molecule has 0 saturated heterocycles. The van der Waals surface area contributed by atoms with Gasteiger partial charge < -0.3 is 22.9 Å². The van der Waals surface area contributed by atoms with E-state index in [2.05, 4.69) is 135 Å². The van der Waals surface area contributed by atoms with Gasteiger partial charge in [-0.15, -0.1) is 0 Å². The topological polar surface area (TPSA) is 171 Å². The zero-order valence-electron chi connectivity index (χ0n) is 34.1. The lowest BCUT2D eigenvalue weighted by Gasteiger charge is -2.22. The van der Waals surface area contributed by atoms with Crippen LogP contribution in [0.3, 0.4) is 0 Å². The molecule has 0 N–H and O–H groups in total. The molecule has 5 aromatic rings. The van der Waals surface area contributed by atoms with Crippen LogP contribution in [0.5, 0.6) is 23.0 Å². The zero-order chi connectivity index (χ0) is 43.3. The highest BCUT2D eigenvalue weighted by Gasteiger charge is 2.30. The Morgan fingerprint density at radius 3 is 1.19 bits per heavy atom. The van der Waals surface area contributed by atoms with Crippen LogP contribution < -0.4 is 18.4 Å². The van der Waals surface area contributed by atoms with Gasteiger partial charge in [-0.2, -0.15) is 8.42 Å². The molecule has 0 aliphatic carbocycles. The molecule has 0 bridgehead atoms. The molecule has 12 nitrogen and oxygen atoms in total. The lowest BCUT2D eigenvalue weighted by Crippen LogP contribution is -2.23. The van der Waals surface area contributed by atoms with Crippen molar-refractivity contribution in [1.29, 1.82) is 0 Å². The second-order valence-electron chi connectivity index (χ2n) is 16.1. The molecule has 0 aliphatic rings. The van der Waals surface area contributed by atoms with Crippen molar-refractivity contribution in [2.75, 3.05) is 0 Å². The van der Waals surface area contributed by atoms with E-state index < -0.39 is 41.5 Å². The van der Waals surface area contributed by atoms with Crippen molar-refractivity contribution < 1.29 is 44.7 Å². The first kappa shape index (κ1) is 45.6. The number of aryl methyl sites for hydroxylation is 1. The Labute approximate surface area is 344 Å². The van der Waals surface area contributed by atoms with Gasteiger partial charge in [-0.1, -0.05) is 17.7 Å². The number of nitro groups is 1. The summed E-state index contributed by atoms with van der Waals surface area (Å²) in [6.07, 6.45) is 0. The average Bonchev–Trinajstić information content (AvgIpc) is 3.08. The average molecular weight is 852 g/mol. The third-order valence-electron chi connectivity index (χ3n) is 7.38. The minimum atomic E-state index is -4.94. The molecule has 15 heteroatoms. The van der Waals surface area contributed by atoms with E-state index in [1.807, 2.05) is 0 Å². The molecule has 0 aliphatic heterocycles. The summed E-state index contributed by atoms with van der Waals surface area (Å²) in [5.41, 5.74) is -0.841. The Bertz CT molecular complexity index is 2250. The van der Waals surface area contributed by atoms with Crippen molar-refractivity contribution in [1.82, 2.24) is 0 Å². The largest absolute Gasteiger partial charge is 0.744 e. The summed E-state index contributed by atoms with van der Waals surface area (Å²) in [5.74, 6) is 1.93. The van der Waals surface area contributed by atoms with Crippen LogP contribution in [0, 0.1) is 17.0 Å². The number of ether oxygens (including phenoxy) is 3. The third-order valence-corrected chi connectivity index (χ3v) is 11.7. The van der Waals surface area contributed by atoms with Crippen LogP contribution in [0.1, 0.15) is 67.9 Å². The number of rotatable bonds is 11. The Kier molecular flexibility index (Phi) is 14.0. The molecule has 0 unspecified atom stereocenters. The van der Waals surface area contributed by atoms with Gasteiger partial charge >= 0.3 is 15.8 Å². The number of hydrogen-bond donors (Lipinski definition) is 0. The Morgan fingerprint density at radius 1 is 0.534 bits per heavy atom. The van der Waals surface area contributed by atoms with E-state index in [4.69, 9.17) is 18.4 Å². The molecule has 0 heterocycles. The first-order chi connectivity index (χ1) is 26.7. The predicted molar refractivity (Wildman–Crippen MR) is 223 cm³/mol. The molecule has 58 heavy (non-hydrogen) atoms. The summed E-state index contributed by atoms with van der Waals surface area (Å²) in [6.45, 7) is 20.3. The summed E-state index contributed by atoms with van der Waals surface area (Å²) in [6, 6.07) is 32.9. The van der Waals surface area contributed by atoms with Crippen molar-refractivity contribution in [3.63, 3.8) is 0 Å². The standard InChI is InChI=1S/C30H39O3S.C13H11NO8S2/c1-28(2,3)31-22-10-16-25(17-11-22)34(26-18-12-23(13-19-26)32-29(4,5)6)27-20-14-24(15-21-27)33-30(7,8)9;1-9-2-4-10(5-3-9)24(20,21)22-13-7-6-11(23(17,18)19)8-12(13)14(15)16/h10-21H,1-9H3;2-8H,1H3,(H,17,18,19)/q+1;/p-1. The molecule has 0 atom stereocenters. The smallest absolute Gasteiger partial charge is 0.339 e. The van der Waals surface area contributed by atoms with Crippen LogP contribution in [0.2, 0.25) is 0 Å². The van der Waals surface area contributed by atoms with Gasteiger partial charge in [-0.25, -0.2) is 8.42 Å². The van der Waals surface area contributed by atoms with Crippen molar-refractivity contribution in [2.24, 2.45) is 0 Å². The summed E-state index contributed by atoms with van der Waals surface area (Å²) >= 11 is 0. The van der Waals surface area contributed by atoms with Crippen LogP contribution in [0.25, 0.3) is 0 Å². The summed E-state index contributed by atoms with van der Waals surface area (Å²) in [5, 5.41) is 11.0. The molecule has 0 aromatic heterocycles. The lowest BCUT2D eigenvalue weighted by atomic mass is 10.2. The second kappa shape index (κ2) is 17.8. The fraction of sp³-hybridized carbons (Fsp3) is 0.302. The molecule has 0 amide bonds. The fourth-order valence-corrected chi connectivity index (χ4v) is 8.61. The van der Waals surface area contributed by atoms with Crippen molar-refractivity contribution in [3.05, 3.63) is 131 Å². The summed E-state index contributed by atoms with van der Waals surface area (Å²) in [4.78, 5) is 12.6. The van der Waals surface area contributed by atoms with E-state index >= 15 is 0 Å². The minimum Gasteiger partial charge on any atom is -0.744 e. The van der Waals surface area contributed by atoms with Crippen LogP contribution in [-0.2, 0) is 31.1 Å². The Hall–Kier alpha value is -5.09. The molecule has 310 valence electrons. The highest BCUT2D eigenvalue weighted by atomic mass is 32.2. The van der Waals surface area contributed by atoms with Gasteiger partial charge in [-0.3, -0.25) is 10.1 Å². The minimum absolute atomic E-state index is 0.227. The third kappa shape index (κ3) is 13.8. The Morgan fingerprint density at radius 2 is 0.879 bits per heavy atom. The van der Waals surface area contributed by atoms with Gasteiger partial charge in [0.2, 0.25) is 5.75 Å². The van der Waals surface area contributed by atoms with Crippen molar-refractivity contribution >= 4 is 36.8 Å². The van der Waals surface area contributed by atoms with E-state index in [-0.39, 0.29) is 32.6 Å². The molecule has 0 saturated carbocycles. The van der Waals surface area contributed by atoms with Crippen molar-refractivity contribution in [3.8, 4) is 23.0 Å². The predicted octanol–water partition coefficient (Wildman–Crippen LogP) is 9.89. The van der Waals surface area contributed by atoms with Crippen LogP contribution in [0.15, 0.2) is 140 Å². The number of hydrogen-bond acceptors (Lipinski definition) is 11. The molecule has 5 aromatic carbocycles. The van der Waals surface area contributed by atoms with Crippen molar-refractivity contribution in [2.45, 2.75) is 111 Å². The molecular formula is C43H49NO11S3. The highest BCUT2D eigenvalue weighted by molar-refractivity contribution is 7.97. The molecule has 0 spiro atoms. The number of benzene rings is 5. The quantitative estimate of drug-likeness (QED) is 0.0407. The fourth-order valence-electron chi connectivity index (χ4n) is 5.14. The van der Waals surface area contributed by atoms with Gasteiger partial charge in [0.1, 0.15) is 49.1 Å². The van der Waals surface area contributed by atoms with E-state index in [1.54, 1.807) is 6.92 Å². The number of nitrogens with zero attached hydrogens (tertiary/aromatic N) is 1. The summed E-state index contributed by atoms with van der Waals surface area (Å²) in [7, 11) is -9.58. The van der Waals surface area contributed by atoms with Crippen LogP contribution in [-0.4, -0.2) is 43.1 Å². The highest BCUT2D eigenvalue weighted by Crippen LogP contribution is 2.36. The van der Waals surface area contributed by atoms with Gasteiger partial charge in [0.25, 0.3) is 0 Å². The van der Waals surface area contributed by atoms with Crippen LogP contribution >= 0.6 is 0 Å². The monoisotopic (exact) mass is 851 g/mol. The van der Waals surface area contributed by atoms with E-state index in [0.717, 1.165) is 34.9 Å². The van der Waals surface area contributed by atoms with Crippen LogP contribution in [0.4, 0.5) is 5.69 Å². The molecule has 0 radical (unpaired) electrons. The van der Waals surface area contributed by atoms with E-state index in [0.29, 0.717) is 6.07 Å². The maximum Gasteiger partial charge on any atom is 0.339 e. The first-order valence-corrected chi connectivity index (χ1v) is 22.1. The second-order valence-corrected chi connectivity index (χ2v) is 21.0. The lowest BCUT2D eigenvalue weighted by molar-refractivity contribution is -0.385. The molecular weight excluding hydrogens is 803 g/mol. The van der Waals surface area contributed by atoms with Gasteiger partial charge in [0.15, 0.2) is 14.7 Å². The van der Waals surface area contributed by atoms with Gasteiger partial charge in [0.05, 0.1) is 20.7 Å². The maximum absolute atomic E-state index is 12.1. The normalized spacial score (nSPS) is 12.3. The molecule has 0 fully saturated rings. The zero-order valence-corrected chi connectivity index (χ0v) is 36.6. The Balaban J connectivity index is 0.000000273. The van der Waals surface area contributed by atoms with E-state index in [9.17, 15) is 31.5 Å². The van der Waals surface area contributed by atoms with Gasteiger partial charge in [0, 0.05) is 6.07 Å². The number of nitro benzene ring substituents is 1. The first-order valence-electron chi connectivity index (χ1n) is 18.1. The van der Waals surface area contributed by atoms with E-state index in [1.165, 1.54) is 39.0 Å².